The lowest BCUT2D eigenvalue weighted by molar-refractivity contribution is -0.186. The smallest absolute Gasteiger partial charge is 0.383 e. The third-order valence-electron chi connectivity index (χ3n) is 7.01. The van der Waals surface area contributed by atoms with Gasteiger partial charge in [-0.15, -0.1) is 0 Å². The van der Waals surface area contributed by atoms with Crippen molar-refractivity contribution in [2.75, 3.05) is 24.7 Å². The number of nitrogens with two attached hydrogens (primary N) is 1. The fraction of sp³-hybridized carbons (Fsp3) is 0.455. The van der Waals surface area contributed by atoms with Crippen LogP contribution in [0.1, 0.15) is 42.4 Å². The van der Waals surface area contributed by atoms with Gasteiger partial charge in [-0.2, -0.15) is 13.2 Å². The second-order valence-electron chi connectivity index (χ2n) is 8.90. The first kappa shape index (κ1) is 23.7. The predicted octanol–water partition coefficient (Wildman–Crippen LogP) is 3.08. The monoisotopic (exact) mass is 478 g/mol. The zero-order valence-electron chi connectivity index (χ0n) is 18.7. The molecular weight excluding hydrogens is 453 g/mol. The zero-order valence-corrected chi connectivity index (χ0v) is 18.7. The number of aromatic nitrogens is 2. The molecule has 34 heavy (non-hydrogen) atoms. The van der Waals surface area contributed by atoms with Gasteiger partial charge in [-0.3, -0.25) is 4.79 Å². The number of hydrogen-bond donors (Lipinski definition) is 3. The minimum absolute atomic E-state index is 0.210. The van der Waals surface area contributed by atoms with Gasteiger partial charge in [0.15, 0.2) is 0 Å². The van der Waals surface area contributed by atoms with Gasteiger partial charge in [0, 0.05) is 43.8 Å². The molecule has 2 bridgehead atoms. The van der Waals surface area contributed by atoms with Gasteiger partial charge in [-0.1, -0.05) is 0 Å². The number of nitrogen functional groups attached to an aromatic ring is 1. The number of hydrogen-bond acceptors (Lipinski definition) is 6. The lowest BCUT2D eigenvalue weighted by Gasteiger charge is -2.56. The van der Waals surface area contributed by atoms with Gasteiger partial charge in [0.05, 0.1) is 23.3 Å². The van der Waals surface area contributed by atoms with Gasteiger partial charge in [-0.25, -0.2) is 9.78 Å². The fourth-order valence-corrected chi connectivity index (χ4v) is 4.71. The summed E-state index contributed by atoms with van der Waals surface area (Å²) >= 11 is 0. The second-order valence-corrected chi connectivity index (χ2v) is 8.90. The molecule has 2 aromatic heterocycles. The minimum atomic E-state index is -4.66. The highest BCUT2D eigenvalue weighted by atomic mass is 19.4. The molecule has 2 aliphatic heterocycles. The quantitative estimate of drug-likeness (QED) is 0.582. The Hall–Kier alpha value is -3.41. The Morgan fingerprint density at radius 2 is 2.00 bits per heavy atom. The number of nitrogens with zero attached hydrogens (tertiary/aromatic N) is 3. The number of nitrogens with one attached hydrogen (secondary N) is 2. The number of likely N-dealkylation sites (N-methyl/N-ethyl adjacent to an activating group) is 1. The molecule has 1 saturated carbocycles. The van der Waals surface area contributed by atoms with Crippen LogP contribution >= 0.6 is 0 Å². The summed E-state index contributed by atoms with van der Waals surface area (Å²) in [7, 11) is 2.74. The number of alkyl halides is 3. The van der Waals surface area contributed by atoms with E-state index in [0.29, 0.717) is 43.5 Å². The Morgan fingerprint density at radius 1 is 1.32 bits per heavy atom. The standard InChI is InChI=1S/C22H25F3N6O3/c1-30-11-15(22(23,24)25)8-16(18(30)32)29-19(33)31(2)20-3-5-21(6-4-20,34-12-20)14-7-13(9-26)17(27)28-10-14/h7-11,26H,3-6,12H2,1-2H3,(H2,27,28)(H,29,33). The molecule has 2 saturated heterocycles. The van der Waals surface area contributed by atoms with Crippen molar-refractivity contribution in [2.24, 2.45) is 7.05 Å². The molecule has 5 rings (SSSR count). The number of anilines is 2. The summed E-state index contributed by atoms with van der Waals surface area (Å²) < 4.78 is 46.5. The number of carbonyl (C=O) groups excluding carboxylic acids is 1. The third kappa shape index (κ3) is 3.91. The van der Waals surface area contributed by atoms with Crippen molar-refractivity contribution in [1.29, 1.82) is 5.41 Å². The average Bonchev–Trinajstić information content (AvgIpc) is 2.82. The molecule has 0 unspecified atom stereocenters. The van der Waals surface area contributed by atoms with Crippen molar-refractivity contribution in [3.63, 3.8) is 0 Å². The Morgan fingerprint density at radius 3 is 2.56 bits per heavy atom. The first-order chi connectivity index (χ1) is 15.9. The van der Waals surface area contributed by atoms with Crippen LogP contribution in [0, 0.1) is 5.41 Å². The molecule has 9 nitrogen and oxygen atoms in total. The van der Waals surface area contributed by atoms with Crippen LogP contribution in [0.2, 0.25) is 0 Å². The number of pyridine rings is 2. The van der Waals surface area contributed by atoms with Gasteiger partial charge in [0.2, 0.25) is 0 Å². The van der Waals surface area contributed by atoms with Crippen molar-refractivity contribution >= 4 is 23.8 Å². The normalized spacial score (nSPS) is 24.0. The summed E-state index contributed by atoms with van der Waals surface area (Å²) in [4.78, 5) is 30.9. The summed E-state index contributed by atoms with van der Waals surface area (Å²) in [6.07, 6.45) is 1.14. The van der Waals surface area contributed by atoms with Crippen molar-refractivity contribution in [3.05, 3.63) is 51.6 Å². The Labute approximate surface area is 193 Å². The van der Waals surface area contributed by atoms with Gasteiger partial charge in [0.25, 0.3) is 5.56 Å². The largest absolute Gasteiger partial charge is 0.417 e. The number of fused-ring (bicyclic) bond motifs is 3. The van der Waals surface area contributed by atoms with Crippen LogP contribution in [0.5, 0.6) is 0 Å². The van der Waals surface area contributed by atoms with E-state index in [2.05, 4.69) is 10.3 Å². The Balaban J connectivity index is 1.52. The number of amides is 2. The lowest BCUT2D eigenvalue weighted by atomic mass is 9.68. The Kier molecular flexibility index (Phi) is 5.67. The number of carbonyl (C=O) groups is 1. The van der Waals surface area contributed by atoms with E-state index in [0.717, 1.165) is 16.3 Å². The van der Waals surface area contributed by atoms with Crippen LogP contribution in [0.15, 0.2) is 29.3 Å². The van der Waals surface area contributed by atoms with Gasteiger partial charge in [-0.05, 0) is 37.8 Å². The minimum Gasteiger partial charge on any atom is -0.383 e. The summed E-state index contributed by atoms with van der Waals surface area (Å²) in [6.45, 7) is 0.210. The van der Waals surface area contributed by atoms with E-state index in [4.69, 9.17) is 15.9 Å². The fourth-order valence-electron chi connectivity index (χ4n) is 4.71. The van der Waals surface area contributed by atoms with Gasteiger partial charge in [0.1, 0.15) is 11.5 Å². The summed E-state index contributed by atoms with van der Waals surface area (Å²) in [5, 5.41) is 9.85. The van der Waals surface area contributed by atoms with Gasteiger partial charge < -0.3 is 30.7 Å². The van der Waals surface area contributed by atoms with E-state index in [1.54, 1.807) is 19.3 Å². The molecule has 4 N–H and O–H groups in total. The molecule has 0 radical (unpaired) electrons. The van der Waals surface area contributed by atoms with Crippen LogP contribution < -0.4 is 16.6 Å². The van der Waals surface area contributed by atoms with Crippen molar-refractivity contribution < 1.29 is 22.7 Å². The van der Waals surface area contributed by atoms with Crippen LogP contribution in [0.4, 0.5) is 29.5 Å². The van der Waals surface area contributed by atoms with E-state index in [1.165, 1.54) is 11.9 Å². The summed E-state index contributed by atoms with van der Waals surface area (Å²) in [5.41, 5.74) is 3.62. The van der Waals surface area contributed by atoms with Crippen LogP contribution in [0.3, 0.4) is 0 Å². The SMILES string of the molecule is CN(C(=O)Nc1cc(C(F)(F)F)cn(C)c1=O)C12CCC(c3cnc(N)c(C=N)c3)(CC1)OC2. The average molecular weight is 478 g/mol. The summed E-state index contributed by atoms with van der Waals surface area (Å²) in [6, 6.07) is 1.74. The van der Waals surface area contributed by atoms with E-state index < -0.39 is 40.2 Å². The maximum Gasteiger partial charge on any atom is 0.417 e. The van der Waals surface area contributed by atoms with Crippen LogP contribution in [-0.2, 0) is 23.6 Å². The highest BCUT2D eigenvalue weighted by molar-refractivity contribution is 5.89. The zero-order chi connectivity index (χ0) is 24.9. The maximum atomic E-state index is 13.2. The molecule has 3 fully saturated rings. The molecule has 0 spiro atoms. The highest BCUT2D eigenvalue weighted by Gasteiger charge is 2.53. The molecule has 3 aliphatic rings. The van der Waals surface area contributed by atoms with Crippen molar-refractivity contribution in [1.82, 2.24) is 14.5 Å². The molecule has 2 aromatic rings. The molecule has 12 heteroatoms. The number of halogens is 3. The molecular formula is C22H25F3N6O3. The van der Waals surface area contributed by atoms with E-state index in [1.807, 2.05) is 0 Å². The van der Waals surface area contributed by atoms with E-state index in [-0.39, 0.29) is 12.4 Å². The van der Waals surface area contributed by atoms with Crippen LogP contribution in [-0.4, -0.2) is 45.9 Å². The highest BCUT2D eigenvalue weighted by Crippen LogP contribution is 2.51. The maximum absolute atomic E-state index is 13.2. The van der Waals surface area contributed by atoms with Gasteiger partial charge >= 0.3 is 12.2 Å². The van der Waals surface area contributed by atoms with E-state index in [9.17, 15) is 22.8 Å². The molecule has 0 aromatic carbocycles. The first-order valence-electron chi connectivity index (χ1n) is 10.6. The number of rotatable bonds is 4. The Bertz CT molecular complexity index is 1180. The predicted molar refractivity (Wildman–Crippen MR) is 119 cm³/mol. The lowest BCUT2D eigenvalue weighted by Crippen LogP contribution is -2.63. The molecule has 0 atom stereocenters. The second kappa shape index (κ2) is 8.12. The van der Waals surface area contributed by atoms with Crippen molar-refractivity contribution in [2.45, 2.75) is 43.0 Å². The van der Waals surface area contributed by atoms with Crippen molar-refractivity contribution in [3.8, 4) is 0 Å². The number of aryl methyl sites for hydroxylation is 1. The molecule has 4 heterocycles. The summed E-state index contributed by atoms with van der Waals surface area (Å²) in [5.74, 6) is 0.258. The topological polar surface area (TPSA) is 126 Å². The molecule has 1 aliphatic carbocycles. The molecule has 182 valence electrons. The molecule has 2 amide bonds. The van der Waals surface area contributed by atoms with E-state index >= 15 is 0 Å². The number of urea groups is 1. The third-order valence-corrected chi connectivity index (χ3v) is 7.01. The number of ether oxygens (including phenoxy) is 1. The van der Waals surface area contributed by atoms with Crippen LogP contribution in [0.25, 0.3) is 0 Å². The first-order valence-corrected chi connectivity index (χ1v) is 10.6.